The summed E-state index contributed by atoms with van der Waals surface area (Å²) in [5.74, 6) is -1.50. The van der Waals surface area contributed by atoms with Gasteiger partial charge in [0.1, 0.15) is 12.7 Å². The van der Waals surface area contributed by atoms with Gasteiger partial charge in [-0.2, -0.15) is 0 Å². The van der Waals surface area contributed by atoms with Crippen molar-refractivity contribution in [1.82, 2.24) is 0 Å². The van der Waals surface area contributed by atoms with E-state index in [-0.39, 0.29) is 25.9 Å². The van der Waals surface area contributed by atoms with Gasteiger partial charge < -0.3 is 24.2 Å². The van der Waals surface area contributed by atoms with E-state index in [9.17, 15) is 28.9 Å². The number of aliphatic hydroxyl groups is 1. The number of phosphoric acid groups is 1. The van der Waals surface area contributed by atoms with Gasteiger partial charge in [0.15, 0.2) is 6.10 Å². The van der Waals surface area contributed by atoms with Crippen molar-refractivity contribution in [1.29, 1.82) is 0 Å². The highest BCUT2D eigenvalue weighted by atomic mass is 31.2. The van der Waals surface area contributed by atoms with Crippen LogP contribution >= 0.6 is 7.82 Å². The van der Waals surface area contributed by atoms with E-state index < -0.39 is 57.8 Å². The van der Waals surface area contributed by atoms with E-state index in [2.05, 4.69) is 81.5 Å². The van der Waals surface area contributed by atoms with Crippen molar-refractivity contribution in [3.63, 3.8) is 0 Å². The third-order valence-electron chi connectivity index (χ3n) is 10.9. The summed E-state index contributed by atoms with van der Waals surface area (Å²) in [5.41, 5.74) is 0. The molecule has 0 heterocycles. The van der Waals surface area contributed by atoms with Gasteiger partial charge in [-0.05, 0) is 77.0 Å². The molecule has 0 aliphatic carbocycles. The zero-order valence-electron chi connectivity index (χ0n) is 41.9. The maximum absolute atomic E-state index is 12.8. The van der Waals surface area contributed by atoms with Gasteiger partial charge in [-0.15, -0.1) is 0 Å². The number of hydrogen-bond acceptors (Lipinski definition) is 10. The van der Waals surface area contributed by atoms with Crippen LogP contribution in [0.3, 0.4) is 0 Å². The van der Waals surface area contributed by atoms with E-state index >= 15 is 0 Å². The fraction of sp³-hybridized carbons (Fsp3) is 0.759. The van der Waals surface area contributed by atoms with E-state index in [0.717, 1.165) is 109 Å². The minimum Gasteiger partial charge on any atom is -0.462 e. The number of carbonyl (C=O) groups is 3. The topological polar surface area (TPSA) is 155 Å². The van der Waals surface area contributed by atoms with Gasteiger partial charge in [-0.25, -0.2) is 4.57 Å². The quantitative estimate of drug-likeness (QED) is 0.0197. The molecule has 11 nitrogen and oxygen atoms in total. The number of phosphoric ester groups is 1. The zero-order chi connectivity index (χ0) is 48.4. The molecule has 0 bridgehead atoms. The fourth-order valence-corrected chi connectivity index (χ4v) is 7.70. The van der Waals surface area contributed by atoms with Crippen molar-refractivity contribution in [3.05, 3.63) is 60.8 Å². The average Bonchev–Trinajstić information content (AvgIpc) is 3.30. The maximum Gasteiger partial charge on any atom is 0.472 e. The summed E-state index contributed by atoms with van der Waals surface area (Å²) in [6.45, 7) is 4.43. The Hall–Kier alpha value is -2.82. The zero-order valence-corrected chi connectivity index (χ0v) is 42.8. The Morgan fingerprint density at radius 2 is 0.803 bits per heavy atom. The molecule has 66 heavy (non-hydrogen) atoms. The van der Waals surface area contributed by atoms with E-state index in [4.69, 9.17) is 23.3 Å². The molecule has 0 radical (unpaired) electrons. The summed E-state index contributed by atoms with van der Waals surface area (Å²) in [4.78, 5) is 48.2. The molecule has 0 saturated carbocycles. The number of ether oxygens (including phenoxy) is 3. The molecular weight excluding hydrogens is 856 g/mol. The molecule has 0 rings (SSSR count). The van der Waals surface area contributed by atoms with Crippen molar-refractivity contribution >= 4 is 25.7 Å². The number of rotatable bonds is 48. The first kappa shape index (κ1) is 63.2. The van der Waals surface area contributed by atoms with Crippen LogP contribution in [0.4, 0.5) is 0 Å². The molecule has 0 aromatic carbocycles. The molecule has 0 aromatic heterocycles. The molecule has 0 aliphatic rings. The summed E-state index contributed by atoms with van der Waals surface area (Å²) in [5, 5.41) is 9.76. The molecule has 0 aromatic rings. The lowest BCUT2D eigenvalue weighted by molar-refractivity contribution is -0.161. The largest absolute Gasteiger partial charge is 0.472 e. The van der Waals surface area contributed by atoms with Crippen molar-refractivity contribution in [2.75, 3.05) is 26.4 Å². The molecule has 0 fully saturated rings. The molecule has 3 atom stereocenters. The van der Waals surface area contributed by atoms with Crippen LogP contribution in [0.15, 0.2) is 60.8 Å². The molecule has 0 saturated heterocycles. The Morgan fingerprint density at radius 3 is 1.27 bits per heavy atom. The monoisotopic (exact) mass is 951 g/mol. The highest BCUT2D eigenvalue weighted by Gasteiger charge is 2.28. The Balaban J connectivity index is 4.75. The second-order valence-electron chi connectivity index (χ2n) is 17.3. The molecule has 0 aliphatic heterocycles. The van der Waals surface area contributed by atoms with Crippen molar-refractivity contribution < 1.29 is 52.2 Å². The summed E-state index contributed by atoms with van der Waals surface area (Å²) >= 11 is 0. The lowest BCUT2D eigenvalue weighted by Crippen LogP contribution is -2.30. The van der Waals surface area contributed by atoms with Crippen LogP contribution in [0.1, 0.15) is 226 Å². The predicted octanol–water partition coefficient (Wildman–Crippen LogP) is 14.8. The summed E-state index contributed by atoms with van der Waals surface area (Å²) in [6.07, 6.45) is 50.5. The third-order valence-corrected chi connectivity index (χ3v) is 11.9. The normalized spacial score (nSPS) is 14.0. The molecule has 2 N–H and O–H groups in total. The molecular formula is C54H95O11P. The fourth-order valence-electron chi connectivity index (χ4n) is 6.92. The Bertz CT molecular complexity index is 1340. The lowest BCUT2D eigenvalue weighted by atomic mass is 10.1. The number of allylic oxidation sites excluding steroid dienone is 10. The second kappa shape index (κ2) is 48.6. The van der Waals surface area contributed by atoms with Crippen molar-refractivity contribution in [3.8, 4) is 0 Å². The number of esters is 3. The Kier molecular flexibility index (Phi) is 46.6. The number of aliphatic hydroxyl groups excluding tert-OH is 1. The standard InChI is InChI=1S/C54H95O11P/c1-4-7-10-13-16-19-22-23-24-25-26-27-30-31-34-37-40-43-52(56)61-47-51(65-54(58)45-42-39-36-33-29-21-18-15-12-9-6-3)49-63-66(59,60)62-48-50(46-55)64-53(57)44-41-38-35-32-28-20-17-14-11-8-5-2/h7,10,15-16,18-19,23-24,26-27,50-51,55H,4-6,8-9,11-14,17,20-22,25,28-49H2,1-3H3,(H,59,60)/b10-7-,18-15-,19-16-,24-23-,27-26-. The second-order valence-corrected chi connectivity index (χ2v) is 18.8. The minimum absolute atomic E-state index is 0.151. The van der Waals surface area contributed by atoms with Gasteiger partial charge in [0.2, 0.25) is 0 Å². The van der Waals surface area contributed by atoms with E-state index in [1.54, 1.807) is 0 Å². The van der Waals surface area contributed by atoms with E-state index in [1.807, 2.05) is 0 Å². The smallest absolute Gasteiger partial charge is 0.462 e. The van der Waals surface area contributed by atoms with Gasteiger partial charge >= 0.3 is 25.7 Å². The highest BCUT2D eigenvalue weighted by molar-refractivity contribution is 7.47. The summed E-state index contributed by atoms with van der Waals surface area (Å²) < 4.78 is 39.3. The van der Waals surface area contributed by atoms with Crippen LogP contribution in [0.5, 0.6) is 0 Å². The van der Waals surface area contributed by atoms with Gasteiger partial charge in [-0.3, -0.25) is 23.4 Å². The van der Waals surface area contributed by atoms with Crippen LogP contribution in [0.25, 0.3) is 0 Å². The molecule has 0 amide bonds. The average molecular weight is 951 g/mol. The van der Waals surface area contributed by atoms with Gasteiger partial charge in [0, 0.05) is 19.3 Å². The van der Waals surface area contributed by atoms with Crippen LogP contribution < -0.4 is 0 Å². The first-order valence-electron chi connectivity index (χ1n) is 26.2. The van der Waals surface area contributed by atoms with Crippen LogP contribution in [-0.2, 0) is 42.2 Å². The highest BCUT2D eigenvalue weighted by Crippen LogP contribution is 2.43. The number of unbranched alkanes of at least 4 members (excludes halogenated alkanes) is 21. The lowest BCUT2D eigenvalue weighted by Gasteiger charge is -2.21. The predicted molar refractivity (Wildman–Crippen MR) is 270 cm³/mol. The molecule has 3 unspecified atom stereocenters. The van der Waals surface area contributed by atoms with E-state index in [0.29, 0.717) is 19.3 Å². The van der Waals surface area contributed by atoms with Crippen molar-refractivity contribution in [2.24, 2.45) is 0 Å². The first-order chi connectivity index (χ1) is 32.2. The van der Waals surface area contributed by atoms with Gasteiger partial charge in [0.25, 0.3) is 0 Å². The van der Waals surface area contributed by atoms with Crippen molar-refractivity contribution in [2.45, 2.75) is 238 Å². The van der Waals surface area contributed by atoms with Crippen LogP contribution in [-0.4, -0.2) is 66.5 Å². The maximum atomic E-state index is 12.8. The van der Waals surface area contributed by atoms with Gasteiger partial charge in [-0.1, -0.05) is 191 Å². The summed E-state index contributed by atoms with van der Waals surface area (Å²) in [7, 11) is -4.74. The molecule has 12 heteroatoms. The Morgan fingerprint density at radius 1 is 0.439 bits per heavy atom. The van der Waals surface area contributed by atoms with E-state index in [1.165, 1.54) is 57.8 Å². The molecule has 0 spiro atoms. The van der Waals surface area contributed by atoms with Crippen LogP contribution in [0.2, 0.25) is 0 Å². The number of carbonyl (C=O) groups excluding carboxylic acids is 3. The molecule has 382 valence electrons. The van der Waals surface area contributed by atoms with Gasteiger partial charge in [0.05, 0.1) is 19.8 Å². The minimum atomic E-state index is -4.74. The first-order valence-corrected chi connectivity index (χ1v) is 27.7. The van der Waals surface area contributed by atoms with Crippen LogP contribution in [0, 0.1) is 0 Å². The Labute approximate surface area is 402 Å². The SMILES string of the molecule is CC/C=C\C/C=C\C/C=C\C/C=C\CCCCCCC(=O)OCC(COP(=O)(O)OCC(CO)OC(=O)CCCCCCCCCCCCC)OC(=O)CCCCCCC/C=C\CCCC. The number of hydrogen-bond donors (Lipinski definition) is 2. The summed E-state index contributed by atoms with van der Waals surface area (Å²) in [6, 6.07) is 0. The third kappa shape index (κ3) is 46.3.